The van der Waals surface area contributed by atoms with E-state index in [9.17, 15) is 20.1 Å². The van der Waals surface area contributed by atoms with E-state index in [0.29, 0.717) is 49.3 Å². The van der Waals surface area contributed by atoms with Gasteiger partial charge in [-0.2, -0.15) is 0 Å². The monoisotopic (exact) mass is 617 g/mol. The Morgan fingerprint density at radius 3 is 2.41 bits per heavy atom. The predicted molar refractivity (Wildman–Crippen MR) is 165 cm³/mol. The van der Waals surface area contributed by atoms with Crippen molar-refractivity contribution >= 4 is 5.91 Å². The normalized spacial score (nSPS) is 53.4. The molecule has 4 unspecified atom stereocenters. The number of hydrogen-bond donors (Lipinski definition) is 3. The number of carbonyl (C=O) groups is 1. The van der Waals surface area contributed by atoms with Gasteiger partial charge >= 0.3 is 0 Å². The van der Waals surface area contributed by atoms with E-state index in [4.69, 9.17) is 14.2 Å². The number of rotatable bonds is 4. The number of hydrogen-bond acceptors (Lipinski definition) is 7. The summed E-state index contributed by atoms with van der Waals surface area (Å²) in [6.07, 6.45) is 6.10. The topological polar surface area (TPSA) is 109 Å². The quantitative estimate of drug-likeness (QED) is 0.426. The molecule has 2 heterocycles. The zero-order valence-electron chi connectivity index (χ0n) is 28.5. The summed E-state index contributed by atoms with van der Waals surface area (Å²) >= 11 is 0. The Morgan fingerprint density at radius 1 is 1.05 bits per heavy atom. The molecule has 7 fully saturated rings. The highest BCUT2D eigenvalue weighted by molar-refractivity contribution is 5.73. The zero-order chi connectivity index (χ0) is 31.8. The first kappa shape index (κ1) is 31.8. The number of aliphatic hydroxyl groups excluding tert-OH is 2. The Hall–Kier alpha value is -0.770. The van der Waals surface area contributed by atoms with Gasteiger partial charge in [0.25, 0.3) is 0 Å². The first-order valence-electron chi connectivity index (χ1n) is 17.7. The van der Waals surface area contributed by atoms with E-state index < -0.39 is 23.9 Å². The third kappa shape index (κ3) is 4.00. The molecular formula is C36H59NO7. The molecule has 0 radical (unpaired) electrons. The Bertz CT molecular complexity index is 1170. The van der Waals surface area contributed by atoms with Gasteiger partial charge in [-0.05, 0) is 111 Å². The first-order valence-corrected chi connectivity index (χ1v) is 17.7. The van der Waals surface area contributed by atoms with Crippen LogP contribution in [0.1, 0.15) is 107 Å². The molecule has 8 nitrogen and oxygen atoms in total. The summed E-state index contributed by atoms with van der Waals surface area (Å²) in [4.78, 5) is 13.9. The van der Waals surface area contributed by atoms with Gasteiger partial charge in [-0.3, -0.25) is 4.79 Å². The Morgan fingerprint density at radius 2 is 1.73 bits per heavy atom. The van der Waals surface area contributed by atoms with Crippen molar-refractivity contribution in [1.29, 1.82) is 0 Å². The molecule has 250 valence electrons. The summed E-state index contributed by atoms with van der Waals surface area (Å²) in [6.45, 7) is 18.5. The standard InChI is InChI=1S/C36H59NO7/c1-20-17-22(29(39)32(5,6)41)43-28-27(20)33(7)13-14-36-19-35(36)12-11-25(44-26-18-37(21(2)38)15-16-42-26)31(3,4)23(35)9-10-24(36)34(33,8)30(28)40/h20,22-30,39-41H,9-19H2,1-8H3/t20-,22?,23+,24?,25?,26+,27+,28?,29+,30+,33-,34-,35-,36+/m1/s1. The van der Waals surface area contributed by atoms with Crippen LogP contribution in [0, 0.1) is 50.7 Å². The lowest BCUT2D eigenvalue weighted by Gasteiger charge is -2.64. The number of carbonyl (C=O) groups excluding carboxylic acids is 1. The van der Waals surface area contributed by atoms with Gasteiger partial charge in [-0.1, -0.05) is 34.6 Å². The molecule has 0 aromatic carbocycles. The average molecular weight is 618 g/mol. The van der Waals surface area contributed by atoms with Crippen molar-refractivity contribution in [3.05, 3.63) is 0 Å². The summed E-state index contributed by atoms with van der Waals surface area (Å²) in [6, 6.07) is 0. The molecule has 7 aliphatic rings. The molecule has 2 spiro atoms. The maximum atomic E-state index is 12.4. The van der Waals surface area contributed by atoms with E-state index in [0.717, 1.165) is 32.1 Å². The van der Waals surface area contributed by atoms with Crippen LogP contribution in [-0.4, -0.2) is 88.2 Å². The fourth-order valence-electron chi connectivity index (χ4n) is 13.4. The van der Waals surface area contributed by atoms with Gasteiger partial charge in [0.2, 0.25) is 5.91 Å². The largest absolute Gasteiger partial charge is 0.390 e. The summed E-state index contributed by atoms with van der Waals surface area (Å²) in [5, 5.41) is 34.0. The number of amides is 1. The molecule has 14 atom stereocenters. The summed E-state index contributed by atoms with van der Waals surface area (Å²) in [7, 11) is 0. The number of ether oxygens (including phenoxy) is 3. The first-order chi connectivity index (χ1) is 20.4. The molecule has 7 rings (SSSR count). The highest BCUT2D eigenvalue weighted by atomic mass is 16.7. The van der Waals surface area contributed by atoms with Crippen LogP contribution in [-0.2, 0) is 19.0 Å². The minimum absolute atomic E-state index is 0.00337. The van der Waals surface area contributed by atoms with Crippen LogP contribution in [0.25, 0.3) is 0 Å². The lowest BCUT2D eigenvalue weighted by Crippen LogP contribution is -2.60. The SMILES string of the molecule is CC(=O)N1CCO[C@@H](OC2CC[C@]34C[C@]35CC[C@]3(C)[C@@H]6C(OC([C@H](O)C(C)(C)O)C[C@H]6C)[C@H](O)[C@@]3(C)C5CC[C@H]4C2(C)C)C1. The molecule has 0 aromatic heterocycles. The molecular weight excluding hydrogens is 558 g/mol. The average Bonchev–Trinajstić information content (AvgIpc) is 3.58. The van der Waals surface area contributed by atoms with Crippen molar-refractivity contribution in [3.63, 3.8) is 0 Å². The van der Waals surface area contributed by atoms with Gasteiger partial charge in [0.1, 0.15) is 6.10 Å². The molecule has 0 aromatic rings. The molecule has 3 N–H and O–H groups in total. The molecule has 5 saturated carbocycles. The maximum absolute atomic E-state index is 12.4. The number of fused-ring (bicyclic) bond motifs is 4. The molecule has 1 amide bonds. The minimum Gasteiger partial charge on any atom is -0.390 e. The molecule has 8 heteroatoms. The van der Waals surface area contributed by atoms with Crippen molar-refractivity contribution in [2.45, 2.75) is 149 Å². The van der Waals surface area contributed by atoms with Crippen molar-refractivity contribution < 1.29 is 34.3 Å². The Balaban J connectivity index is 1.14. The van der Waals surface area contributed by atoms with E-state index in [2.05, 4.69) is 34.6 Å². The number of morpholine rings is 1. The van der Waals surface area contributed by atoms with Gasteiger partial charge in [0.05, 0.1) is 43.2 Å². The van der Waals surface area contributed by atoms with Gasteiger partial charge in [-0.15, -0.1) is 0 Å². The maximum Gasteiger partial charge on any atom is 0.219 e. The summed E-state index contributed by atoms with van der Waals surface area (Å²) < 4.78 is 19.4. The fourth-order valence-corrected chi connectivity index (χ4v) is 13.4. The summed E-state index contributed by atoms with van der Waals surface area (Å²) in [5.74, 6) is 1.62. The van der Waals surface area contributed by atoms with Gasteiger partial charge in [0.15, 0.2) is 6.29 Å². The van der Waals surface area contributed by atoms with E-state index in [1.165, 1.54) is 12.8 Å². The third-order valence-electron chi connectivity index (χ3n) is 15.6. The second-order valence-corrected chi connectivity index (χ2v) is 18.0. The van der Waals surface area contributed by atoms with E-state index in [1.807, 2.05) is 4.90 Å². The lowest BCUT2D eigenvalue weighted by atomic mass is 9.41. The molecule has 2 saturated heterocycles. The minimum atomic E-state index is -1.25. The number of aliphatic hydroxyl groups is 3. The third-order valence-corrected chi connectivity index (χ3v) is 15.6. The predicted octanol–water partition coefficient (Wildman–Crippen LogP) is 4.52. The van der Waals surface area contributed by atoms with Crippen LogP contribution in [0.15, 0.2) is 0 Å². The lowest BCUT2D eigenvalue weighted by molar-refractivity contribution is -0.247. The van der Waals surface area contributed by atoms with E-state index in [-0.39, 0.29) is 52.0 Å². The van der Waals surface area contributed by atoms with Crippen molar-refractivity contribution in [1.82, 2.24) is 4.90 Å². The number of nitrogens with zero attached hydrogens (tertiary/aromatic N) is 1. The Labute approximate surface area is 264 Å². The molecule has 5 aliphatic carbocycles. The smallest absolute Gasteiger partial charge is 0.219 e. The second-order valence-electron chi connectivity index (χ2n) is 18.0. The molecule has 44 heavy (non-hydrogen) atoms. The van der Waals surface area contributed by atoms with Crippen LogP contribution in [0.5, 0.6) is 0 Å². The fraction of sp³-hybridized carbons (Fsp3) is 0.972. The zero-order valence-corrected chi connectivity index (χ0v) is 28.5. The van der Waals surface area contributed by atoms with Crippen LogP contribution >= 0.6 is 0 Å². The second kappa shape index (κ2) is 9.88. The van der Waals surface area contributed by atoms with Crippen molar-refractivity contribution in [2.24, 2.45) is 50.7 Å². The van der Waals surface area contributed by atoms with Crippen LogP contribution in [0.3, 0.4) is 0 Å². The van der Waals surface area contributed by atoms with Crippen LogP contribution in [0.2, 0.25) is 0 Å². The highest BCUT2D eigenvalue weighted by Gasteiger charge is 2.84. The van der Waals surface area contributed by atoms with E-state index >= 15 is 0 Å². The van der Waals surface area contributed by atoms with E-state index in [1.54, 1.807) is 20.8 Å². The highest BCUT2D eigenvalue weighted by Crippen LogP contribution is 2.89. The van der Waals surface area contributed by atoms with Crippen molar-refractivity contribution in [2.75, 3.05) is 19.7 Å². The van der Waals surface area contributed by atoms with Crippen LogP contribution < -0.4 is 0 Å². The molecule has 0 bridgehead atoms. The van der Waals surface area contributed by atoms with Gasteiger partial charge in [0, 0.05) is 18.9 Å². The molecule has 2 aliphatic heterocycles. The van der Waals surface area contributed by atoms with Gasteiger partial charge in [-0.25, -0.2) is 0 Å². The van der Waals surface area contributed by atoms with Crippen LogP contribution in [0.4, 0.5) is 0 Å². The Kier molecular flexibility index (Phi) is 7.14. The van der Waals surface area contributed by atoms with Crippen molar-refractivity contribution in [3.8, 4) is 0 Å². The van der Waals surface area contributed by atoms with Gasteiger partial charge < -0.3 is 34.4 Å². The summed E-state index contributed by atoms with van der Waals surface area (Å²) in [5.41, 5.74) is -1.01.